The first-order valence-corrected chi connectivity index (χ1v) is 10.3. The molecular formula is C19H17F3N4O3S. The fourth-order valence-electron chi connectivity index (χ4n) is 3.17. The fraction of sp³-hybridized carbons (Fsp3) is 0.316. The van der Waals surface area contributed by atoms with Gasteiger partial charge in [0.1, 0.15) is 11.8 Å². The summed E-state index contributed by atoms with van der Waals surface area (Å²) in [7, 11) is -3.91. The minimum Gasteiger partial charge on any atom is -0.336 e. The average Bonchev–Trinajstić information content (AvgIpc) is 2.72. The molecule has 7 nitrogen and oxygen atoms in total. The molecule has 1 amide bonds. The molecule has 1 saturated heterocycles. The van der Waals surface area contributed by atoms with Gasteiger partial charge in [-0.1, -0.05) is 12.1 Å². The number of pyridine rings is 1. The van der Waals surface area contributed by atoms with Gasteiger partial charge in [0, 0.05) is 26.2 Å². The minimum atomic E-state index is -4.61. The van der Waals surface area contributed by atoms with Crippen LogP contribution in [0, 0.1) is 18.3 Å². The van der Waals surface area contributed by atoms with Gasteiger partial charge < -0.3 is 4.90 Å². The molecule has 158 valence electrons. The van der Waals surface area contributed by atoms with Crippen molar-refractivity contribution < 1.29 is 26.4 Å². The number of rotatable bonds is 3. The maximum Gasteiger partial charge on any atom is 0.433 e. The first kappa shape index (κ1) is 21.7. The van der Waals surface area contributed by atoms with Crippen LogP contribution >= 0.6 is 0 Å². The van der Waals surface area contributed by atoms with Crippen LogP contribution < -0.4 is 0 Å². The van der Waals surface area contributed by atoms with Gasteiger partial charge in [-0.2, -0.15) is 22.7 Å². The minimum absolute atomic E-state index is 0.000940. The van der Waals surface area contributed by atoms with E-state index in [4.69, 9.17) is 5.26 Å². The van der Waals surface area contributed by atoms with E-state index in [1.165, 1.54) is 34.3 Å². The van der Waals surface area contributed by atoms with Crippen molar-refractivity contribution in [2.45, 2.75) is 18.0 Å². The number of carbonyl (C=O) groups is 1. The Balaban J connectivity index is 1.74. The van der Waals surface area contributed by atoms with Crippen molar-refractivity contribution in [3.05, 3.63) is 58.9 Å². The molecule has 1 aliphatic rings. The summed E-state index contributed by atoms with van der Waals surface area (Å²) in [6.45, 7) is 1.45. The van der Waals surface area contributed by atoms with E-state index in [2.05, 4.69) is 4.98 Å². The molecule has 1 fully saturated rings. The van der Waals surface area contributed by atoms with Crippen LogP contribution in [0.4, 0.5) is 13.2 Å². The zero-order valence-electron chi connectivity index (χ0n) is 15.8. The Labute approximate surface area is 171 Å². The summed E-state index contributed by atoms with van der Waals surface area (Å²) in [5, 5.41) is 9.15. The smallest absolute Gasteiger partial charge is 0.336 e. The third-order valence-corrected chi connectivity index (χ3v) is 6.71. The molecule has 0 aliphatic carbocycles. The maximum atomic E-state index is 12.9. The van der Waals surface area contributed by atoms with Crippen LogP contribution in [0.15, 0.2) is 41.3 Å². The summed E-state index contributed by atoms with van der Waals surface area (Å²) in [6, 6.07) is 9.53. The number of piperazine rings is 1. The highest BCUT2D eigenvalue weighted by Gasteiger charge is 2.35. The molecule has 3 rings (SSSR count). The molecule has 1 aromatic carbocycles. The molecule has 0 saturated carbocycles. The lowest BCUT2D eigenvalue weighted by molar-refractivity contribution is -0.141. The monoisotopic (exact) mass is 438 g/mol. The summed E-state index contributed by atoms with van der Waals surface area (Å²) in [6.07, 6.45) is -4.61. The van der Waals surface area contributed by atoms with Crippen LogP contribution in [0.5, 0.6) is 0 Å². The van der Waals surface area contributed by atoms with Crippen molar-refractivity contribution in [3.63, 3.8) is 0 Å². The van der Waals surface area contributed by atoms with Crippen molar-refractivity contribution in [1.29, 1.82) is 5.26 Å². The standard InChI is InChI=1S/C19H17F3N4O3S/c1-13-15(6-7-17(24-13)19(20,21)22)18(27)25-8-10-26(11-9-25)30(28,29)16-5-3-2-4-14(16)12-23/h2-7H,8-11H2,1H3. The summed E-state index contributed by atoms with van der Waals surface area (Å²) >= 11 is 0. The molecule has 0 radical (unpaired) electrons. The van der Waals surface area contributed by atoms with E-state index >= 15 is 0 Å². The second-order valence-corrected chi connectivity index (χ2v) is 8.54. The lowest BCUT2D eigenvalue weighted by atomic mass is 10.1. The average molecular weight is 438 g/mol. The van der Waals surface area contributed by atoms with Crippen LogP contribution in [0.1, 0.15) is 27.3 Å². The molecule has 2 heterocycles. The van der Waals surface area contributed by atoms with Crippen molar-refractivity contribution in [2.24, 2.45) is 0 Å². The van der Waals surface area contributed by atoms with Gasteiger partial charge >= 0.3 is 6.18 Å². The molecule has 11 heteroatoms. The summed E-state index contributed by atoms with van der Waals surface area (Å²) in [5.74, 6) is -0.511. The quantitative estimate of drug-likeness (QED) is 0.734. The largest absolute Gasteiger partial charge is 0.433 e. The molecule has 1 aromatic heterocycles. The number of hydrogen-bond acceptors (Lipinski definition) is 5. The third kappa shape index (κ3) is 4.15. The summed E-state index contributed by atoms with van der Waals surface area (Å²) in [5.41, 5.74) is -1.06. The topological polar surface area (TPSA) is 94.4 Å². The highest BCUT2D eigenvalue weighted by Crippen LogP contribution is 2.28. The molecule has 0 atom stereocenters. The fourth-order valence-corrected chi connectivity index (χ4v) is 4.73. The van der Waals surface area contributed by atoms with Gasteiger partial charge in [-0.25, -0.2) is 13.4 Å². The highest BCUT2D eigenvalue weighted by atomic mass is 32.2. The molecule has 0 unspecified atom stereocenters. The van der Waals surface area contributed by atoms with E-state index in [0.29, 0.717) is 0 Å². The number of carbonyl (C=O) groups excluding carboxylic acids is 1. The van der Waals surface area contributed by atoms with E-state index in [1.54, 1.807) is 6.07 Å². The SMILES string of the molecule is Cc1nc(C(F)(F)F)ccc1C(=O)N1CCN(S(=O)(=O)c2ccccc2C#N)CC1. The van der Waals surface area contributed by atoms with Gasteiger partial charge in [0.15, 0.2) is 0 Å². The zero-order chi connectivity index (χ0) is 22.1. The van der Waals surface area contributed by atoms with E-state index in [0.717, 1.165) is 12.1 Å². The van der Waals surface area contributed by atoms with Crippen LogP contribution in [0.25, 0.3) is 0 Å². The first-order chi connectivity index (χ1) is 14.1. The Morgan fingerprint density at radius 2 is 1.73 bits per heavy atom. The Bertz CT molecular complexity index is 1120. The highest BCUT2D eigenvalue weighted by molar-refractivity contribution is 7.89. The van der Waals surface area contributed by atoms with Crippen molar-refractivity contribution >= 4 is 15.9 Å². The second kappa shape index (κ2) is 8.04. The predicted octanol–water partition coefficient (Wildman–Crippen LogP) is 2.43. The first-order valence-electron chi connectivity index (χ1n) is 8.89. The molecule has 1 aliphatic heterocycles. The number of sulfonamides is 1. The lowest BCUT2D eigenvalue weighted by Gasteiger charge is -2.34. The van der Waals surface area contributed by atoms with E-state index in [-0.39, 0.29) is 47.9 Å². The van der Waals surface area contributed by atoms with Gasteiger partial charge in [-0.3, -0.25) is 4.79 Å². The van der Waals surface area contributed by atoms with Gasteiger partial charge in [0.05, 0.1) is 21.7 Å². The van der Waals surface area contributed by atoms with Crippen LogP contribution in [0.3, 0.4) is 0 Å². The lowest BCUT2D eigenvalue weighted by Crippen LogP contribution is -2.50. The number of nitriles is 1. The number of alkyl halides is 3. The van der Waals surface area contributed by atoms with Crippen LogP contribution in [-0.2, 0) is 16.2 Å². The van der Waals surface area contributed by atoms with Gasteiger partial charge in [-0.15, -0.1) is 0 Å². The second-order valence-electron chi connectivity index (χ2n) is 6.63. The Kier molecular flexibility index (Phi) is 5.83. The maximum absolute atomic E-state index is 12.9. The molecule has 0 bridgehead atoms. The number of halogens is 3. The predicted molar refractivity (Wildman–Crippen MR) is 99.8 cm³/mol. The van der Waals surface area contributed by atoms with E-state index in [9.17, 15) is 26.4 Å². The molecule has 0 N–H and O–H groups in total. The molecule has 30 heavy (non-hydrogen) atoms. The van der Waals surface area contributed by atoms with Gasteiger partial charge in [0.2, 0.25) is 10.0 Å². The normalized spacial score (nSPS) is 15.6. The van der Waals surface area contributed by atoms with Crippen molar-refractivity contribution in [2.75, 3.05) is 26.2 Å². The van der Waals surface area contributed by atoms with E-state index in [1.807, 2.05) is 6.07 Å². The van der Waals surface area contributed by atoms with Crippen molar-refractivity contribution in [1.82, 2.24) is 14.2 Å². The Morgan fingerprint density at radius 3 is 2.30 bits per heavy atom. The number of nitrogens with zero attached hydrogens (tertiary/aromatic N) is 4. The van der Waals surface area contributed by atoms with Crippen LogP contribution in [-0.4, -0.2) is 54.7 Å². The number of amides is 1. The molecule has 2 aromatic rings. The molecule has 0 spiro atoms. The van der Waals surface area contributed by atoms with Gasteiger partial charge in [-0.05, 0) is 31.2 Å². The number of aromatic nitrogens is 1. The Hall–Kier alpha value is -2.97. The van der Waals surface area contributed by atoms with Crippen LogP contribution in [0.2, 0.25) is 0 Å². The van der Waals surface area contributed by atoms with E-state index < -0.39 is 27.8 Å². The summed E-state index contributed by atoms with van der Waals surface area (Å²) in [4.78, 5) is 17.4. The third-order valence-electron chi connectivity index (χ3n) is 4.76. The number of benzene rings is 1. The van der Waals surface area contributed by atoms with Gasteiger partial charge in [0.25, 0.3) is 5.91 Å². The number of aryl methyl sites for hydroxylation is 1. The number of hydrogen-bond donors (Lipinski definition) is 0. The summed E-state index contributed by atoms with van der Waals surface area (Å²) < 4.78 is 65.2. The molecular weight excluding hydrogens is 421 g/mol. The Morgan fingerprint density at radius 1 is 1.10 bits per heavy atom. The zero-order valence-corrected chi connectivity index (χ0v) is 16.7. The van der Waals surface area contributed by atoms with Crippen molar-refractivity contribution in [3.8, 4) is 6.07 Å².